The van der Waals surface area contributed by atoms with E-state index in [-0.39, 0.29) is 18.5 Å². The van der Waals surface area contributed by atoms with Crippen LogP contribution in [0.5, 0.6) is 0 Å². The number of nitrogens with zero attached hydrogens (tertiary/aromatic N) is 2. The lowest BCUT2D eigenvalue weighted by Gasteiger charge is -2.16. The van der Waals surface area contributed by atoms with Crippen molar-refractivity contribution in [3.8, 4) is 11.8 Å². The van der Waals surface area contributed by atoms with E-state index in [4.69, 9.17) is 11.6 Å². The normalized spacial score (nSPS) is 9.61. The van der Waals surface area contributed by atoms with Crippen molar-refractivity contribution >= 4 is 29.3 Å². The number of aromatic nitrogens is 1. The second kappa shape index (κ2) is 7.97. The van der Waals surface area contributed by atoms with Gasteiger partial charge in [0.2, 0.25) is 5.91 Å². The van der Waals surface area contributed by atoms with Gasteiger partial charge in [0.25, 0.3) is 0 Å². The quantitative estimate of drug-likeness (QED) is 0.874. The first kappa shape index (κ1) is 16.5. The molecule has 0 bridgehead atoms. The predicted octanol–water partition coefficient (Wildman–Crippen LogP) is 3.58. The first-order valence-corrected chi connectivity index (χ1v) is 7.17. The number of pyridine rings is 1. The Balaban J connectivity index is 2.01. The third-order valence-corrected chi connectivity index (χ3v) is 3.12. The van der Waals surface area contributed by atoms with E-state index in [1.165, 1.54) is 24.3 Å². The van der Waals surface area contributed by atoms with Crippen molar-refractivity contribution in [2.45, 2.75) is 12.8 Å². The maximum Gasteiger partial charge on any atom is 0.418 e. The monoisotopic (exact) mass is 328 g/mol. The molecule has 1 aromatic carbocycles. The van der Waals surface area contributed by atoms with Gasteiger partial charge in [0.15, 0.2) is 0 Å². The number of imide groups is 1. The van der Waals surface area contributed by atoms with Crippen LogP contribution in [0.3, 0.4) is 0 Å². The number of benzene rings is 1. The average Bonchev–Trinajstić information content (AvgIpc) is 2.54. The second-order valence-corrected chi connectivity index (χ2v) is 4.94. The van der Waals surface area contributed by atoms with Crippen LogP contribution in [-0.2, 0) is 4.79 Å². The van der Waals surface area contributed by atoms with Crippen LogP contribution in [0.15, 0.2) is 48.7 Å². The van der Waals surface area contributed by atoms with Crippen LogP contribution >= 0.6 is 11.6 Å². The molecule has 0 radical (unpaired) electrons. The summed E-state index contributed by atoms with van der Waals surface area (Å²) >= 11 is 5.76. The molecule has 0 aliphatic heterocycles. The number of carbonyl (C=O) groups excluding carboxylic acids is 1. The lowest BCUT2D eigenvalue weighted by atomic mass is 10.2. The highest BCUT2D eigenvalue weighted by Gasteiger charge is 2.21. The third kappa shape index (κ3) is 4.83. The summed E-state index contributed by atoms with van der Waals surface area (Å²) in [7, 11) is 0. The molecule has 0 aliphatic carbocycles. The van der Waals surface area contributed by atoms with Gasteiger partial charge in [-0.15, -0.1) is 0 Å². The topological polar surface area (TPSA) is 70.5 Å². The van der Waals surface area contributed by atoms with E-state index in [0.717, 1.165) is 0 Å². The first-order valence-electron chi connectivity index (χ1n) is 6.79. The van der Waals surface area contributed by atoms with Crippen LogP contribution in [0, 0.1) is 11.8 Å². The van der Waals surface area contributed by atoms with E-state index in [0.29, 0.717) is 15.6 Å². The molecule has 0 fully saturated rings. The van der Waals surface area contributed by atoms with Gasteiger partial charge in [-0.1, -0.05) is 23.6 Å². The Hall–Kier alpha value is -2.84. The Labute approximate surface area is 138 Å². The number of carboxylic acid groups (broad SMARTS) is 1. The van der Waals surface area contributed by atoms with Crippen molar-refractivity contribution in [2.24, 2.45) is 0 Å². The standard InChI is InChI=1S/C17H13ClN2O3/c18-13-8-10-15(11-9-13)20(17(22)23)16(21)7-2-1-5-14-6-3-4-12-19-14/h3-4,6,8-12H,2,7H2,(H,22,23). The van der Waals surface area contributed by atoms with Crippen molar-refractivity contribution in [1.29, 1.82) is 0 Å². The molecule has 5 nitrogen and oxygen atoms in total. The van der Waals surface area contributed by atoms with Crippen LogP contribution in [0.1, 0.15) is 18.5 Å². The van der Waals surface area contributed by atoms with Crippen LogP contribution in [0.2, 0.25) is 5.02 Å². The molecular weight excluding hydrogens is 316 g/mol. The molecule has 23 heavy (non-hydrogen) atoms. The molecule has 6 heteroatoms. The Bertz CT molecular complexity index is 749. The van der Waals surface area contributed by atoms with E-state index < -0.39 is 12.0 Å². The zero-order valence-electron chi connectivity index (χ0n) is 12.1. The van der Waals surface area contributed by atoms with Gasteiger partial charge in [-0.25, -0.2) is 14.7 Å². The van der Waals surface area contributed by atoms with Crippen LogP contribution in [0.4, 0.5) is 10.5 Å². The second-order valence-electron chi connectivity index (χ2n) is 4.50. The largest absolute Gasteiger partial charge is 0.464 e. The van der Waals surface area contributed by atoms with Gasteiger partial charge in [-0.05, 0) is 42.3 Å². The van der Waals surface area contributed by atoms with Crippen LogP contribution in [-0.4, -0.2) is 22.1 Å². The highest BCUT2D eigenvalue weighted by molar-refractivity contribution is 6.30. The Morgan fingerprint density at radius 2 is 1.91 bits per heavy atom. The molecule has 0 unspecified atom stereocenters. The van der Waals surface area contributed by atoms with Crippen molar-refractivity contribution in [2.75, 3.05) is 4.90 Å². The number of rotatable bonds is 3. The lowest BCUT2D eigenvalue weighted by molar-refractivity contribution is -0.118. The molecule has 0 atom stereocenters. The summed E-state index contributed by atoms with van der Waals surface area (Å²) in [5, 5.41) is 9.69. The van der Waals surface area contributed by atoms with Gasteiger partial charge in [0, 0.05) is 24.1 Å². The van der Waals surface area contributed by atoms with Gasteiger partial charge in [0.1, 0.15) is 5.69 Å². The minimum Gasteiger partial charge on any atom is -0.464 e. The molecule has 0 spiro atoms. The van der Waals surface area contributed by atoms with E-state index in [9.17, 15) is 14.7 Å². The summed E-state index contributed by atoms with van der Waals surface area (Å²) in [5.41, 5.74) is 0.859. The smallest absolute Gasteiger partial charge is 0.418 e. The number of amides is 2. The summed E-state index contributed by atoms with van der Waals surface area (Å²) in [6.45, 7) is 0. The number of halogens is 1. The van der Waals surface area contributed by atoms with E-state index in [1.807, 2.05) is 6.07 Å². The van der Waals surface area contributed by atoms with Crippen LogP contribution in [0.25, 0.3) is 0 Å². The fraction of sp³-hybridized carbons (Fsp3) is 0.118. The molecule has 0 aliphatic rings. The predicted molar refractivity (Wildman–Crippen MR) is 87.3 cm³/mol. The van der Waals surface area contributed by atoms with Crippen molar-refractivity contribution in [1.82, 2.24) is 4.98 Å². The summed E-state index contributed by atoms with van der Waals surface area (Å²) in [4.78, 5) is 28.1. The van der Waals surface area contributed by atoms with Gasteiger partial charge >= 0.3 is 6.09 Å². The summed E-state index contributed by atoms with van der Waals surface area (Å²) in [6.07, 6.45) is 0.527. The van der Waals surface area contributed by atoms with Crippen molar-refractivity contribution in [3.05, 3.63) is 59.4 Å². The van der Waals surface area contributed by atoms with Gasteiger partial charge in [0.05, 0.1) is 5.69 Å². The fourth-order valence-corrected chi connectivity index (χ4v) is 1.95. The van der Waals surface area contributed by atoms with E-state index in [2.05, 4.69) is 16.8 Å². The maximum absolute atomic E-state index is 12.1. The molecule has 0 saturated heterocycles. The third-order valence-electron chi connectivity index (χ3n) is 2.87. The Morgan fingerprint density at radius 3 is 2.52 bits per heavy atom. The first-order chi connectivity index (χ1) is 11.1. The summed E-state index contributed by atoms with van der Waals surface area (Å²) in [6, 6.07) is 11.4. The SMILES string of the molecule is O=C(O)N(C(=O)CCC#Cc1ccccn1)c1ccc(Cl)cc1. The van der Waals surface area contributed by atoms with Crippen molar-refractivity contribution in [3.63, 3.8) is 0 Å². The zero-order chi connectivity index (χ0) is 16.7. The minimum absolute atomic E-state index is 0.00520. The highest BCUT2D eigenvalue weighted by atomic mass is 35.5. The Morgan fingerprint density at radius 1 is 1.17 bits per heavy atom. The van der Waals surface area contributed by atoms with Gasteiger partial charge in [-0.3, -0.25) is 4.79 Å². The molecule has 116 valence electrons. The molecule has 1 heterocycles. The number of hydrogen-bond donors (Lipinski definition) is 1. The lowest BCUT2D eigenvalue weighted by Crippen LogP contribution is -2.35. The van der Waals surface area contributed by atoms with Gasteiger partial charge < -0.3 is 5.11 Å². The van der Waals surface area contributed by atoms with E-state index in [1.54, 1.807) is 18.3 Å². The Kier molecular flexibility index (Phi) is 5.73. The number of carbonyl (C=O) groups is 2. The summed E-state index contributed by atoms with van der Waals surface area (Å²) < 4.78 is 0. The molecule has 1 aromatic heterocycles. The molecule has 1 N–H and O–H groups in total. The van der Waals surface area contributed by atoms with E-state index >= 15 is 0 Å². The fourth-order valence-electron chi connectivity index (χ4n) is 1.82. The molecule has 0 saturated carbocycles. The molecule has 2 aromatic rings. The maximum atomic E-state index is 12.1. The average molecular weight is 329 g/mol. The highest BCUT2D eigenvalue weighted by Crippen LogP contribution is 2.19. The minimum atomic E-state index is -1.34. The number of anilines is 1. The summed E-state index contributed by atoms with van der Waals surface area (Å²) in [5.74, 6) is 5.09. The molecular formula is C17H13ClN2O3. The zero-order valence-corrected chi connectivity index (χ0v) is 12.8. The van der Waals surface area contributed by atoms with Crippen molar-refractivity contribution < 1.29 is 14.7 Å². The van der Waals surface area contributed by atoms with Gasteiger partial charge in [-0.2, -0.15) is 0 Å². The molecule has 2 rings (SSSR count). The molecule has 2 amide bonds. The number of hydrogen-bond acceptors (Lipinski definition) is 3. The van der Waals surface area contributed by atoms with Crippen LogP contribution < -0.4 is 4.90 Å².